The topological polar surface area (TPSA) is 54.3 Å². The average molecular weight is 377 g/mol. The van der Waals surface area contributed by atoms with E-state index in [4.69, 9.17) is 0 Å². The first-order chi connectivity index (χ1) is 13.5. The number of imidazole rings is 1. The molecular weight excluding hydrogens is 350 g/mol. The van der Waals surface area contributed by atoms with Crippen LogP contribution in [0.5, 0.6) is 0 Å². The van der Waals surface area contributed by atoms with Crippen molar-refractivity contribution in [2.24, 2.45) is 7.05 Å². The summed E-state index contributed by atoms with van der Waals surface area (Å²) in [5, 5.41) is 2.18. The molecule has 28 heavy (non-hydrogen) atoms. The standard InChI is InChI=1S/C22H27N5O/c1-16-13-25(2)6-7-27(16)14-21(28)10-20-9-19-8-17(4-5-18(19)11-24-20)22-12-23-15-26(22)3/h4-5,8-9,11-12,15-16H,6-7,10,13-14H2,1-3H3/t16-/m0/s1. The maximum atomic E-state index is 12.6. The lowest BCUT2D eigenvalue weighted by molar-refractivity contribution is -0.120. The van der Waals surface area contributed by atoms with E-state index in [0.29, 0.717) is 19.0 Å². The van der Waals surface area contributed by atoms with Gasteiger partial charge in [0.25, 0.3) is 0 Å². The lowest BCUT2D eigenvalue weighted by Crippen LogP contribution is -2.52. The predicted molar refractivity (Wildman–Crippen MR) is 111 cm³/mol. The minimum absolute atomic E-state index is 0.228. The predicted octanol–water partition coefficient (Wildman–Crippen LogP) is 2.38. The number of benzene rings is 1. The fraction of sp³-hybridized carbons (Fsp3) is 0.409. The summed E-state index contributed by atoms with van der Waals surface area (Å²) < 4.78 is 2.00. The van der Waals surface area contributed by atoms with Crippen LogP contribution in [0.1, 0.15) is 12.6 Å². The summed E-state index contributed by atoms with van der Waals surface area (Å²) in [6, 6.07) is 8.75. The van der Waals surface area contributed by atoms with E-state index in [-0.39, 0.29) is 5.78 Å². The Hall–Kier alpha value is -2.57. The summed E-state index contributed by atoms with van der Waals surface area (Å²) in [4.78, 5) is 25.9. The number of carbonyl (C=O) groups is 1. The summed E-state index contributed by atoms with van der Waals surface area (Å²) in [7, 11) is 4.12. The Kier molecular flexibility index (Phi) is 5.24. The molecular formula is C22H27N5O. The summed E-state index contributed by atoms with van der Waals surface area (Å²) in [5.74, 6) is 0.228. The number of ketones is 1. The average Bonchev–Trinajstić information content (AvgIpc) is 3.09. The number of nitrogens with zero attached hydrogens (tertiary/aromatic N) is 5. The summed E-state index contributed by atoms with van der Waals surface area (Å²) >= 11 is 0. The smallest absolute Gasteiger partial charge is 0.152 e. The number of fused-ring (bicyclic) bond motifs is 1. The van der Waals surface area contributed by atoms with Crippen LogP contribution in [0.4, 0.5) is 0 Å². The normalized spacial score (nSPS) is 18.6. The van der Waals surface area contributed by atoms with Gasteiger partial charge >= 0.3 is 0 Å². The number of carbonyl (C=O) groups excluding carboxylic acids is 1. The van der Waals surface area contributed by atoms with Gasteiger partial charge in [-0.05, 0) is 31.5 Å². The molecule has 0 spiro atoms. The molecule has 6 nitrogen and oxygen atoms in total. The Balaban J connectivity index is 1.49. The van der Waals surface area contributed by atoms with Crippen LogP contribution in [0.25, 0.3) is 22.0 Å². The maximum absolute atomic E-state index is 12.6. The highest BCUT2D eigenvalue weighted by Crippen LogP contribution is 2.24. The van der Waals surface area contributed by atoms with Gasteiger partial charge in [-0.15, -0.1) is 0 Å². The molecule has 0 bridgehead atoms. The molecule has 0 amide bonds. The third-order valence-corrected chi connectivity index (χ3v) is 5.62. The highest BCUT2D eigenvalue weighted by molar-refractivity contribution is 5.88. The van der Waals surface area contributed by atoms with E-state index in [0.717, 1.165) is 47.4 Å². The van der Waals surface area contributed by atoms with Crippen molar-refractivity contribution in [3.63, 3.8) is 0 Å². The molecule has 0 radical (unpaired) electrons. The van der Waals surface area contributed by atoms with Gasteiger partial charge in [0.15, 0.2) is 5.78 Å². The van der Waals surface area contributed by atoms with E-state index < -0.39 is 0 Å². The molecule has 1 atom stereocenters. The molecule has 6 heteroatoms. The number of hydrogen-bond acceptors (Lipinski definition) is 5. The Morgan fingerprint density at radius 2 is 2.00 bits per heavy atom. The first-order valence-corrected chi connectivity index (χ1v) is 9.79. The first kappa shape index (κ1) is 18.8. The van der Waals surface area contributed by atoms with Crippen molar-refractivity contribution in [2.75, 3.05) is 33.2 Å². The highest BCUT2D eigenvalue weighted by atomic mass is 16.1. The number of rotatable bonds is 5. The second-order valence-electron chi connectivity index (χ2n) is 7.92. The van der Waals surface area contributed by atoms with Crippen LogP contribution in [0, 0.1) is 0 Å². The summed E-state index contributed by atoms with van der Waals surface area (Å²) in [6.07, 6.45) is 5.91. The Bertz CT molecular complexity index is 996. The number of aryl methyl sites for hydroxylation is 1. The minimum atomic E-state index is 0.228. The van der Waals surface area contributed by atoms with Crippen LogP contribution in [0.15, 0.2) is 43.0 Å². The molecule has 146 valence electrons. The van der Waals surface area contributed by atoms with Crippen LogP contribution >= 0.6 is 0 Å². The van der Waals surface area contributed by atoms with E-state index in [1.54, 1.807) is 6.33 Å². The molecule has 1 aromatic carbocycles. The fourth-order valence-electron chi connectivity index (χ4n) is 3.97. The van der Waals surface area contributed by atoms with Crippen LogP contribution in [0.3, 0.4) is 0 Å². The molecule has 4 rings (SSSR count). The van der Waals surface area contributed by atoms with E-state index in [1.165, 1.54) is 0 Å². The summed E-state index contributed by atoms with van der Waals surface area (Å²) in [6.45, 7) is 5.67. The zero-order valence-electron chi connectivity index (χ0n) is 16.8. The van der Waals surface area contributed by atoms with Crippen molar-refractivity contribution in [3.8, 4) is 11.3 Å². The van der Waals surface area contributed by atoms with Crippen molar-refractivity contribution in [1.82, 2.24) is 24.3 Å². The number of pyridine rings is 1. The van der Waals surface area contributed by atoms with E-state index in [9.17, 15) is 4.79 Å². The van der Waals surface area contributed by atoms with Crippen molar-refractivity contribution < 1.29 is 4.79 Å². The molecule has 0 N–H and O–H groups in total. The molecule has 1 aliphatic heterocycles. The van der Waals surface area contributed by atoms with Crippen LogP contribution in [0.2, 0.25) is 0 Å². The van der Waals surface area contributed by atoms with E-state index in [1.807, 2.05) is 30.1 Å². The van der Waals surface area contributed by atoms with Crippen molar-refractivity contribution in [3.05, 3.63) is 48.7 Å². The Labute approximate surface area is 165 Å². The molecule has 1 fully saturated rings. The molecule has 3 aromatic rings. The van der Waals surface area contributed by atoms with Crippen LogP contribution in [-0.4, -0.2) is 69.4 Å². The van der Waals surface area contributed by atoms with Gasteiger partial charge < -0.3 is 9.47 Å². The molecule has 1 aliphatic rings. The van der Waals surface area contributed by atoms with Gasteiger partial charge in [-0.1, -0.05) is 12.1 Å². The monoisotopic (exact) mass is 377 g/mol. The Morgan fingerprint density at radius 1 is 1.14 bits per heavy atom. The second kappa shape index (κ2) is 7.81. The lowest BCUT2D eigenvalue weighted by atomic mass is 10.0. The van der Waals surface area contributed by atoms with Gasteiger partial charge in [-0.25, -0.2) is 4.98 Å². The largest absolute Gasteiger partial charge is 0.334 e. The molecule has 0 unspecified atom stereocenters. The number of aromatic nitrogens is 3. The third-order valence-electron chi connectivity index (χ3n) is 5.62. The van der Waals surface area contributed by atoms with Gasteiger partial charge in [0.1, 0.15) is 0 Å². The van der Waals surface area contributed by atoms with Gasteiger partial charge in [-0.3, -0.25) is 14.7 Å². The molecule has 0 saturated carbocycles. The SMILES string of the molecule is C[C@H]1CN(C)CCN1CC(=O)Cc1cc2cc(-c3cncn3C)ccc2cn1. The fourth-order valence-corrected chi connectivity index (χ4v) is 3.97. The zero-order valence-corrected chi connectivity index (χ0v) is 16.8. The quantitative estimate of drug-likeness (QED) is 0.683. The van der Waals surface area contributed by atoms with Crippen molar-refractivity contribution in [1.29, 1.82) is 0 Å². The van der Waals surface area contributed by atoms with Crippen LogP contribution < -0.4 is 0 Å². The maximum Gasteiger partial charge on any atom is 0.152 e. The van der Waals surface area contributed by atoms with Crippen molar-refractivity contribution in [2.45, 2.75) is 19.4 Å². The van der Waals surface area contributed by atoms with Gasteiger partial charge in [0.2, 0.25) is 0 Å². The number of piperazine rings is 1. The number of hydrogen-bond donors (Lipinski definition) is 0. The van der Waals surface area contributed by atoms with Gasteiger partial charge in [0, 0.05) is 55.6 Å². The van der Waals surface area contributed by atoms with Crippen molar-refractivity contribution >= 4 is 16.6 Å². The van der Waals surface area contributed by atoms with Gasteiger partial charge in [-0.2, -0.15) is 0 Å². The minimum Gasteiger partial charge on any atom is -0.334 e. The number of likely N-dealkylation sites (N-methyl/N-ethyl adjacent to an activating group) is 1. The summed E-state index contributed by atoms with van der Waals surface area (Å²) in [5.41, 5.74) is 3.02. The Morgan fingerprint density at radius 3 is 2.75 bits per heavy atom. The zero-order chi connectivity index (χ0) is 19.7. The molecule has 3 heterocycles. The molecule has 2 aromatic heterocycles. The lowest BCUT2D eigenvalue weighted by Gasteiger charge is -2.37. The molecule has 1 saturated heterocycles. The number of Topliss-reactive ketones (excluding diaryl/α,β-unsaturated/α-hetero) is 1. The van der Waals surface area contributed by atoms with Crippen LogP contribution in [-0.2, 0) is 18.3 Å². The van der Waals surface area contributed by atoms with E-state index in [2.05, 4.69) is 51.9 Å². The molecule has 0 aliphatic carbocycles. The second-order valence-corrected chi connectivity index (χ2v) is 7.92. The highest BCUT2D eigenvalue weighted by Gasteiger charge is 2.23. The first-order valence-electron chi connectivity index (χ1n) is 9.79. The van der Waals surface area contributed by atoms with Gasteiger partial charge in [0.05, 0.1) is 31.2 Å². The van der Waals surface area contributed by atoms with E-state index >= 15 is 0 Å². The third kappa shape index (κ3) is 3.98.